The molecule has 1 aliphatic rings. The van der Waals surface area contributed by atoms with E-state index in [1.165, 1.54) is 6.42 Å². The Morgan fingerprint density at radius 2 is 1.93 bits per heavy atom. The molecule has 30 heavy (non-hydrogen) atoms. The Bertz CT molecular complexity index is 889. The number of carbonyl (C=O) groups excluding carboxylic acids is 2. The molecule has 1 saturated heterocycles. The van der Waals surface area contributed by atoms with Crippen LogP contribution in [0, 0.1) is 6.92 Å². The van der Waals surface area contributed by atoms with Gasteiger partial charge in [-0.2, -0.15) is 0 Å². The number of halogens is 1. The zero-order valence-corrected chi connectivity index (χ0v) is 19.1. The molecule has 0 aliphatic carbocycles. The molecule has 2 aromatic rings. The van der Waals surface area contributed by atoms with E-state index >= 15 is 0 Å². The highest BCUT2D eigenvalue weighted by molar-refractivity contribution is 7.99. The van der Waals surface area contributed by atoms with Gasteiger partial charge in [0.25, 0.3) is 5.91 Å². The van der Waals surface area contributed by atoms with Gasteiger partial charge in [-0.25, -0.2) is 0 Å². The van der Waals surface area contributed by atoms with E-state index in [-0.39, 0.29) is 17.2 Å². The Labute approximate surface area is 188 Å². The summed E-state index contributed by atoms with van der Waals surface area (Å²) >= 11 is 7.82. The van der Waals surface area contributed by atoms with Gasteiger partial charge in [-0.1, -0.05) is 68.1 Å². The Morgan fingerprint density at radius 3 is 2.67 bits per heavy atom. The second kappa shape index (κ2) is 10.9. The van der Waals surface area contributed by atoms with Crippen molar-refractivity contribution < 1.29 is 9.59 Å². The summed E-state index contributed by atoms with van der Waals surface area (Å²) in [5.41, 5.74) is 2.48. The molecular weight excluding hydrogens is 416 g/mol. The van der Waals surface area contributed by atoms with Gasteiger partial charge in [0.2, 0.25) is 5.91 Å². The average molecular weight is 445 g/mol. The van der Waals surface area contributed by atoms with Gasteiger partial charge in [0, 0.05) is 22.9 Å². The normalized spacial score (nSPS) is 18.4. The maximum Gasteiger partial charge on any atom is 0.256 e. The van der Waals surface area contributed by atoms with E-state index in [1.807, 2.05) is 55.5 Å². The Kier molecular flexibility index (Phi) is 8.23. The highest BCUT2D eigenvalue weighted by Crippen LogP contribution is 2.43. The SMILES string of the molecule is CCCCCCNC(=O)C1CSC(c2cccc(Cl)c2)N1C(=O)c1ccccc1C. The molecule has 1 heterocycles. The number of thioether (sulfide) groups is 1. The standard InChI is InChI=1S/C24H29ClN2O2S/c1-3-4-5-8-14-26-22(28)21-16-30-24(18-11-9-12-19(25)15-18)27(21)23(29)20-13-7-6-10-17(20)2/h6-7,9-13,15,21,24H,3-5,8,14,16H2,1-2H3,(H,26,28). The molecular formula is C24H29ClN2O2S. The minimum atomic E-state index is -0.503. The van der Waals surface area contributed by atoms with Crippen LogP contribution in [0.25, 0.3) is 0 Å². The number of aryl methyl sites for hydroxylation is 1. The largest absolute Gasteiger partial charge is 0.354 e. The van der Waals surface area contributed by atoms with Gasteiger partial charge in [-0.05, 0) is 42.7 Å². The van der Waals surface area contributed by atoms with Crippen LogP contribution < -0.4 is 5.32 Å². The van der Waals surface area contributed by atoms with Gasteiger partial charge >= 0.3 is 0 Å². The molecule has 2 unspecified atom stereocenters. The molecule has 0 radical (unpaired) electrons. The van der Waals surface area contributed by atoms with Crippen molar-refractivity contribution in [1.82, 2.24) is 10.2 Å². The number of hydrogen-bond donors (Lipinski definition) is 1. The average Bonchev–Trinajstić information content (AvgIpc) is 3.18. The number of carbonyl (C=O) groups is 2. The second-order valence-corrected chi connectivity index (χ2v) is 9.19. The van der Waals surface area contributed by atoms with E-state index in [0.29, 0.717) is 22.9 Å². The minimum Gasteiger partial charge on any atom is -0.354 e. The monoisotopic (exact) mass is 444 g/mol. The van der Waals surface area contributed by atoms with Crippen LogP contribution in [0.4, 0.5) is 0 Å². The first-order chi connectivity index (χ1) is 14.5. The lowest BCUT2D eigenvalue weighted by molar-refractivity contribution is -0.124. The van der Waals surface area contributed by atoms with E-state index in [9.17, 15) is 9.59 Å². The first kappa shape index (κ1) is 22.7. The summed E-state index contributed by atoms with van der Waals surface area (Å²) < 4.78 is 0. The van der Waals surface area contributed by atoms with Crippen LogP contribution in [0.5, 0.6) is 0 Å². The minimum absolute atomic E-state index is 0.0783. The molecule has 1 N–H and O–H groups in total. The molecule has 2 amide bonds. The second-order valence-electron chi connectivity index (χ2n) is 7.64. The van der Waals surface area contributed by atoms with Crippen LogP contribution in [-0.2, 0) is 4.79 Å². The van der Waals surface area contributed by atoms with Crippen LogP contribution in [-0.4, -0.2) is 35.1 Å². The zero-order valence-electron chi connectivity index (χ0n) is 17.6. The third-order valence-corrected chi connectivity index (χ3v) is 6.93. The van der Waals surface area contributed by atoms with Crippen molar-refractivity contribution in [1.29, 1.82) is 0 Å². The number of rotatable bonds is 8. The quantitative estimate of drug-likeness (QED) is 0.539. The number of unbranched alkanes of at least 4 members (excludes halogenated alkanes) is 3. The Hall–Kier alpha value is -1.98. The topological polar surface area (TPSA) is 49.4 Å². The van der Waals surface area contributed by atoms with Crippen molar-refractivity contribution in [2.75, 3.05) is 12.3 Å². The van der Waals surface area contributed by atoms with Crippen molar-refractivity contribution in [3.8, 4) is 0 Å². The van der Waals surface area contributed by atoms with Crippen molar-refractivity contribution in [2.45, 2.75) is 50.9 Å². The third kappa shape index (κ3) is 5.38. The molecule has 1 fully saturated rings. The highest BCUT2D eigenvalue weighted by atomic mass is 35.5. The molecule has 1 aliphatic heterocycles. The molecule has 0 saturated carbocycles. The summed E-state index contributed by atoms with van der Waals surface area (Å²) in [4.78, 5) is 28.3. The summed E-state index contributed by atoms with van der Waals surface area (Å²) in [7, 11) is 0. The van der Waals surface area contributed by atoms with Crippen molar-refractivity contribution in [3.63, 3.8) is 0 Å². The number of nitrogens with one attached hydrogen (secondary N) is 1. The molecule has 4 nitrogen and oxygen atoms in total. The third-order valence-electron chi connectivity index (χ3n) is 5.38. The van der Waals surface area contributed by atoms with Crippen molar-refractivity contribution in [3.05, 3.63) is 70.2 Å². The number of amides is 2. The predicted molar refractivity (Wildman–Crippen MR) is 125 cm³/mol. The maximum atomic E-state index is 13.6. The van der Waals surface area contributed by atoms with Crippen LogP contribution >= 0.6 is 23.4 Å². The van der Waals surface area contributed by atoms with E-state index in [4.69, 9.17) is 11.6 Å². The van der Waals surface area contributed by atoms with Gasteiger partial charge in [0.15, 0.2) is 0 Å². The lowest BCUT2D eigenvalue weighted by atomic mass is 10.1. The zero-order chi connectivity index (χ0) is 21.5. The molecule has 3 rings (SSSR count). The Balaban J connectivity index is 1.84. The van der Waals surface area contributed by atoms with Gasteiger partial charge < -0.3 is 10.2 Å². The summed E-state index contributed by atoms with van der Waals surface area (Å²) in [5.74, 6) is 0.370. The smallest absolute Gasteiger partial charge is 0.256 e. The van der Waals surface area contributed by atoms with Crippen LogP contribution in [0.3, 0.4) is 0 Å². The fourth-order valence-corrected chi connectivity index (χ4v) is 5.32. The van der Waals surface area contributed by atoms with E-state index in [2.05, 4.69) is 12.2 Å². The maximum absolute atomic E-state index is 13.6. The van der Waals surface area contributed by atoms with Gasteiger partial charge in [-0.3, -0.25) is 9.59 Å². The molecule has 6 heteroatoms. The number of hydrogen-bond acceptors (Lipinski definition) is 3. The van der Waals surface area contributed by atoms with Gasteiger partial charge in [0.05, 0.1) is 0 Å². The fourth-order valence-electron chi connectivity index (χ4n) is 3.71. The lowest BCUT2D eigenvalue weighted by Crippen LogP contribution is -2.48. The number of nitrogens with zero attached hydrogens (tertiary/aromatic N) is 1. The number of benzene rings is 2. The van der Waals surface area contributed by atoms with Crippen LogP contribution in [0.1, 0.15) is 59.5 Å². The van der Waals surface area contributed by atoms with Gasteiger partial charge in [0.1, 0.15) is 11.4 Å². The Morgan fingerprint density at radius 1 is 1.13 bits per heavy atom. The highest BCUT2D eigenvalue weighted by Gasteiger charge is 2.42. The predicted octanol–water partition coefficient (Wildman–Crippen LogP) is 5.60. The molecule has 2 aromatic carbocycles. The van der Waals surface area contributed by atoms with Crippen LogP contribution in [0.2, 0.25) is 5.02 Å². The van der Waals surface area contributed by atoms with Crippen LogP contribution in [0.15, 0.2) is 48.5 Å². The fraction of sp³-hybridized carbons (Fsp3) is 0.417. The van der Waals surface area contributed by atoms with Gasteiger partial charge in [-0.15, -0.1) is 11.8 Å². The summed E-state index contributed by atoms with van der Waals surface area (Å²) in [6.45, 7) is 4.74. The van der Waals surface area contributed by atoms with E-state index < -0.39 is 6.04 Å². The van der Waals surface area contributed by atoms with Crippen molar-refractivity contribution >= 4 is 35.2 Å². The summed E-state index contributed by atoms with van der Waals surface area (Å²) in [6, 6.07) is 14.6. The lowest BCUT2D eigenvalue weighted by Gasteiger charge is -2.29. The molecule has 0 aromatic heterocycles. The molecule has 0 bridgehead atoms. The molecule has 2 atom stereocenters. The van der Waals surface area contributed by atoms with E-state index in [0.717, 1.165) is 30.4 Å². The summed E-state index contributed by atoms with van der Waals surface area (Å²) in [5, 5.41) is 3.43. The summed E-state index contributed by atoms with van der Waals surface area (Å²) in [6.07, 6.45) is 4.40. The molecule has 160 valence electrons. The van der Waals surface area contributed by atoms with E-state index in [1.54, 1.807) is 16.7 Å². The first-order valence-corrected chi connectivity index (χ1v) is 12.0. The first-order valence-electron chi connectivity index (χ1n) is 10.6. The molecule has 0 spiro atoms. The van der Waals surface area contributed by atoms with Crippen molar-refractivity contribution in [2.24, 2.45) is 0 Å².